The van der Waals surface area contributed by atoms with Crippen LogP contribution in [0.2, 0.25) is 0 Å². The van der Waals surface area contributed by atoms with Crippen molar-refractivity contribution in [2.75, 3.05) is 0 Å². The van der Waals surface area contributed by atoms with Crippen LogP contribution in [-0.4, -0.2) is 24.3 Å². The standard InChI is InChI=1S/C15H18ClN5/c1-9-5-6-17-7-12(9)8-21-14(10(2)16)18-13-11(3)19-20(4)15(13)21/h5-7,10H,8H2,1-4H3. The van der Waals surface area contributed by atoms with Crippen molar-refractivity contribution in [3.63, 3.8) is 0 Å². The Labute approximate surface area is 128 Å². The van der Waals surface area contributed by atoms with Crippen LogP contribution in [0.4, 0.5) is 0 Å². The van der Waals surface area contributed by atoms with Gasteiger partial charge in [-0.05, 0) is 38.0 Å². The van der Waals surface area contributed by atoms with Crippen molar-refractivity contribution < 1.29 is 0 Å². The predicted molar refractivity (Wildman–Crippen MR) is 83.6 cm³/mol. The minimum Gasteiger partial charge on any atom is -0.307 e. The van der Waals surface area contributed by atoms with Crippen molar-refractivity contribution in [2.45, 2.75) is 32.7 Å². The van der Waals surface area contributed by atoms with Crippen LogP contribution in [0.5, 0.6) is 0 Å². The fourth-order valence-electron chi connectivity index (χ4n) is 2.64. The van der Waals surface area contributed by atoms with Crippen molar-refractivity contribution in [2.24, 2.45) is 7.05 Å². The largest absolute Gasteiger partial charge is 0.307 e. The number of pyridine rings is 1. The lowest BCUT2D eigenvalue weighted by Crippen LogP contribution is -2.10. The van der Waals surface area contributed by atoms with Crippen LogP contribution in [-0.2, 0) is 13.6 Å². The van der Waals surface area contributed by atoms with E-state index >= 15 is 0 Å². The van der Waals surface area contributed by atoms with Crippen molar-refractivity contribution in [3.05, 3.63) is 41.1 Å². The zero-order valence-electron chi connectivity index (χ0n) is 12.6. The van der Waals surface area contributed by atoms with E-state index in [1.165, 1.54) is 5.56 Å². The molecule has 0 aliphatic rings. The minimum atomic E-state index is -0.159. The van der Waals surface area contributed by atoms with Gasteiger partial charge < -0.3 is 4.57 Å². The topological polar surface area (TPSA) is 48.5 Å². The molecular formula is C15H18ClN5. The van der Waals surface area contributed by atoms with Gasteiger partial charge in [-0.15, -0.1) is 11.6 Å². The second-order valence-electron chi connectivity index (χ2n) is 5.36. The maximum Gasteiger partial charge on any atom is 0.159 e. The molecule has 110 valence electrons. The van der Waals surface area contributed by atoms with E-state index in [2.05, 4.69) is 26.6 Å². The summed E-state index contributed by atoms with van der Waals surface area (Å²) in [5.74, 6) is 0.867. The number of halogens is 1. The Morgan fingerprint density at radius 2 is 2.10 bits per heavy atom. The number of imidazole rings is 1. The number of hydrogen-bond donors (Lipinski definition) is 0. The smallest absolute Gasteiger partial charge is 0.159 e. The zero-order valence-corrected chi connectivity index (χ0v) is 13.4. The summed E-state index contributed by atoms with van der Waals surface area (Å²) in [6.07, 6.45) is 3.70. The van der Waals surface area contributed by atoms with E-state index in [1.807, 2.05) is 44.0 Å². The fourth-order valence-corrected chi connectivity index (χ4v) is 2.81. The molecule has 0 aromatic carbocycles. The van der Waals surface area contributed by atoms with E-state index in [1.54, 1.807) is 0 Å². The van der Waals surface area contributed by atoms with Gasteiger partial charge in [0.25, 0.3) is 0 Å². The van der Waals surface area contributed by atoms with Gasteiger partial charge in [-0.25, -0.2) is 4.98 Å². The molecular weight excluding hydrogens is 286 g/mol. The van der Waals surface area contributed by atoms with Crippen LogP contribution in [0.15, 0.2) is 18.5 Å². The first-order valence-electron chi connectivity index (χ1n) is 6.92. The Hall–Kier alpha value is -1.88. The third kappa shape index (κ3) is 2.31. The van der Waals surface area contributed by atoms with E-state index in [4.69, 9.17) is 11.6 Å². The molecule has 0 radical (unpaired) electrons. The lowest BCUT2D eigenvalue weighted by Gasteiger charge is -2.12. The van der Waals surface area contributed by atoms with Gasteiger partial charge in [0.2, 0.25) is 0 Å². The maximum atomic E-state index is 6.32. The first-order chi connectivity index (χ1) is 9.99. The molecule has 3 aromatic rings. The van der Waals surface area contributed by atoms with Gasteiger partial charge in [0.05, 0.1) is 17.6 Å². The van der Waals surface area contributed by atoms with Crippen LogP contribution in [0, 0.1) is 13.8 Å². The highest BCUT2D eigenvalue weighted by atomic mass is 35.5. The number of aryl methyl sites for hydroxylation is 3. The molecule has 6 heteroatoms. The Balaban J connectivity index is 2.20. The van der Waals surface area contributed by atoms with Gasteiger partial charge in [-0.2, -0.15) is 5.10 Å². The Bertz CT molecular complexity index is 800. The second-order valence-corrected chi connectivity index (χ2v) is 6.01. The average molecular weight is 304 g/mol. The van der Waals surface area contributed by atoms with Crippen LogP contribution >= 0.6 is 11.6 Å². The molecule has 5 nitrogen and oxygen atoms in total. The zero-order chi connectivity index (χ0) is 15.1. The molecule has 0 saturated carbocycles. The number of aromatic nitrogens is 5. The highest BCUT2D eigenvalue weighted by Gasteiger charge is 2.20. The molecule has 0 saturated heterocycles. The van der Waals surface area contributed by atoms with Crippen LogP contribution < -0.4 is 0 Å². The third-order valence-corrected chi connectivity index (χ3v) is 3.95. The van der Waals surface area contributed by atoms with Crippen molar-refractivity contribution in [1.82, 2.24) is 24.3 Å². The summed E-state index contributed by atoms with van der Waals surface area (Å²) < 4.78 is 4.00. The molecule has 3 heterocycles. The summed E-state index contributed by atoms with van der Waals surface area (Å²) in [6.45, 7) is 6.70. The third-order valence-electron chi connectivity index (χ3n) is 3.75. The van der Waals surface area contributed by atoms with Crippen LogP contribution in [0.1, 0.15) is 34.9 Å². The molecule has 0 N–H and O–H groups in total. The predicted octanol–water partition coefficient (Wildman–Crippen LogP) is 3.13. The highest BCUT2D eigenvalue weighted by molar-refractivity contribution is 6.20. The summed E-state index contributed by atoms with van der Waals surface area (Å²) in [5.41, 5.74) is 5.21. The van der Waals surface area contributed by atoms with Gasteiger partial charge in [-0.1, -0.05) is 0 Å². The molecule has 3 rings (SSSR count). The first kappa shape index (κ1) is 14.1. The van der Waals surface area contributed by atoms with Crippen molar-refractivity contribution in [3.8, 4) is 0 Å². The molecule has 0 spiro atoms. The Kier molecular flexibility index (Phi) is 3.45. The van der Waals surface area contributed by atoms with E-state index in [0.717, 1.165) is 28.2 Å². The Morgan fingerprint density at radius 1 is 1.33 bits per heavy atom. The summed E-state index contributed by atoms with van der Waals surface area (Å²) in [4.78, 5) is 8.90. The molecule has 0 amide bonds. The molecule has 0 bridgehead atoms. The normalized spacial score (nSPS) is 13.0. The SMILES string of the molecule is Cc1ccncc1Cn1c(C(C)Cl)nc2c(C)nn(C)c21. The van der Waals surface area contributed by atoms with Gasteiger partial charge in [0.1, 0.15) is 11.3 Å². The van der Waals surface area contributed by atoms with Crippen LogP contribution in [0.3, 0.4) is 0 Å². The number of alkyl halides is 1. The quantitative estimate of drug-likeness (QED) is 0.698. The molecule has 1 atom stereocenters. The average Bonchev–Trinajstić information content (AvgIpc) is 2.92. The molecule has 3 aromatic heterocycles. The summed E-state index contributed by atoms with van der Waals surface area (Å²) in [5, 5.41) is 4.29. The Morgan fingerprint density at radius 3 is 2.76 bits per heavy atom. The first-order valence-corrected chi connectivity index (χ1v) is 7.36. The van der Waals surface area contributed by atoms with Crippen molar-refractivity contribution in [1.29, 1.82) is 0 Å². The van der Waals surface area contributed by atoms with Gasteiger partial charge in [0.15, 0.2) is 5.65 Å². The number of hydrogen-bond acceptors (Lipinski definition) is 3. The van der Waals surface area contributed by atoms with Crippen LogP contribution in [0.25, 0.3) is 11.2 Å². The molecule has 21 heavy (non-hydrogen) atoms. The maximum absolute atomic E-state index is 6.32. The van der Waals surface area contributed by atoms with Gasteiger partial charge in [0, 0.05) is 19.4 Å². The summed E-state index contributed by atoms with van der Waals surface area (Å²) in [6, 6.07) is 2.02. The number of rotatable bonds is 3. The molecule has 1 unspecified atom stereocenters. The van der Waals surface area contributed by atoms with Gasteiger partial charge in [-0.3, -0.25) is 9.67 Å². The molecule has 0 aliphatic heterocycles. The van der Waals surface area contributed by atoms with Crippen molar-refractivity contribution >= 4 is 22.8 Å². The summed E-state index contributed by atoms with van der Waals surface area (Å²) >= 11 is 6.32. The summed E-state index contributed by atoms with van der Waals surface area (Å²) in [7, 11) is 1.94. The monoisotopic (exact) mass is 303 g/mol. The lowest BCUT2D eigenvalue weighted by atomic mass is 10.1. The number of fused-ring (bicyclic) bond motifs is 1. The minimum absolute atomic E-state index is 0.159. The highest BCUT2D eigenvalue weighted by Crippen LogP contribution is 2.27. The molecule has 0 fully saturated rings. The molecule has 0 aliphatic carbocycles. The van der Waals surface area contributed by atoms with E-state index in [0.29, 0.717) is 6.54 Å². The van der Waals surface area contributed by atoms with Gasteiger partial charge >= 0.3 is 0 Å². The van der Waals surface area contributed by atoms with E-state index in [9.17, 15) is 0 Å². The van der Waals surface area contributed by atoms with E-state index < -0.39 is 0 Å². The number of nitrogens with zero attached hydrogens (tertiary/aromatic N) is 5. The fraction of sp³-hybridized carbons (Fsp3) is 0.400. The lowest BCUT2D eigenvalue weighted by molar-refractivity contribution is 0.683. The second kappa shape index (κ2) is 5.15. The van der Waals surface area contributed by atoms with E-state index in [-0.39, 0.29) is 5.38 Å².